The van der Waals surface area contributed by atoms with Crippen molar-refractivity contribution in [1.82, 2.24) is 5.32 Å². The average Bonchev–Trinajstić information content (AvgIpc) is 2.53. The van der Waals surface area contributed by atoms with Crippen molar-refractivity contribution in [3.8, 4) is 5.75 Å². The lowest BCUT2D eigenvalue weighted by molar-refractivity contribution is 0.0878. The molecule has 1 fully saturated rings. The molecule has 22 heavy (non-hydrogen) atoms. The number of ether oxygens (including phenoxy) is 1. The van der Waals surface area contributed by atoms with Crippen molar-refractivity contribution in [3.63, 3.8) is 0 Å². The minimum atomic E-state index is -0.374. The summed E-state index contributed by atoms with van der Waals surface area (Å²) < 4.78 is 6.10. The van der Waals surface area contributed by atoms with Gasteiger partial charge in [0.1, 0.15) is 11.4 Å². The second-order valence-electron chi connectivity index (χ2n) is 7.14. The van der Waals surface area contributed by atoms with E-state index in [0.29, 0.717) is 5.92 Å². The summed E-state index contributed by atoms with van der Waals surface area (Å²) in [6.45, 7) is 10.3. The predicted octanol–water partition coefficient (Wildman–Crippen LogP) is 2.72. The zero-order chi connectivity index (χ0) is 15.7. The second kappa shape index (κ2) is 6.09. The zero-order valence-corrected chi connectivity index (χ0v) is 13.9. The lowest BCUT2D eigenvalue weighted by atomic mass is 9.87. The van der Waals surface area contributed by atoms with Crippen molar-refractivity contribution in [2.45, 2.75) is 45.3 Å². The SMILES string of the molecule is CCN1CC(C)(C)Oc2ccc(C(O)C3CCNCC3)cc21. The van der Waals surface area contributed by atoms with Gasteiger partial charge in [-0.2, -0.15) is 0 Å². The van der Waals surface area contributed by atoms with E-state index in [1.165, 1.54) is 0 Å². The minimum Gasteiger partial charge on any atom is -0.484 e. The third-order valence-corrected chi connectivity index (χ3v) is 4.84. The van der Waals surface area contributed by atoms with Gasteiger partial charge >= 0.3 is 0 Å². The fraction of sp³-hybridized carbons (Fsp3) is 0.667. The van der Waals surface area contributed by atoms with Crippen molar-refractivity contribution < 1.29 is 9.84 Å². The Morgan fingerprint density at radius 1 is 1.36 bits per heavy atom. The molecule has 122 valence electrons. The van der Waals surface area contributed by atoms with Crippen LogP contribution in [0.15, 0.2) is 18.2 Å². The molecule has 0 aromatic heterocycles. The van der Waals surface area contributed by atoms with Gasteiger partial charge in [0.05, 0.1) is 18.3 Å². The molecule has 0 spiro atoms. The van der Waals surface area contributed by atoms with E-state index in [-0.39, 0.29) is 11.7 Å². The summed E-state index contributed by atoms with van der Waals surface area (Å²) in [7, 11) is 0. The Morgan fingerprint density at radius 2 is 2.09 bits per heavy atom. The number of fused-ring (bicyclic) bond motifs is 1. The normalized spacial score (nSPS) is 22.8. The molecule has 2 aliphatic rings. The largest absolute Gasteiger partial charge is 0.484 e. The summed E-state index contributed by atoms with van der Waals surface area (Å²) in [6, 6.07) is 6.18. The maximum absolute atomic E-state index is 10.7. The van der Waals surface area contributed by atoms with Gasteiger partial charge in [-0.3, -0.25) is 0 Å². The van der Waals surface area contributed by atoms with E-state index in [9.17, 15) is 5.11 Å². The van der Waals surface area contributed by atoms with Crippen molar-refractivity contribution in [1.29, 1.82) is 0 Å². The zero-order valence-electron chi connectivity index (χ0n) is 13.9. The van der Waals surface area contributed by atoms with E-state index >= 15 is 0 Å². The number of benzene rings is 1. The van der Waals surface area contributed by atoms with Crippen LogP contribution in [0.25, 0.3) is 0 Å². The number of rotatable bonds is 3. The number of nitrogens with zero attached hydrogens (tertiary/aromatic N) is 1. The molecular weight excluding hydrogens is 276 g/mol. The first-order chi connectivity index (χ1) is 10.5. The summed E-state index contributed by atoms with van der Waals surface area (Å²) in [5.74, 6) is 1.29. The van der Waals surface area contributed by atoms with E-state index in [0.717, 1.165) is 56.0 Å². The number of nitrogens with one attached hydrogen (secondary N) is 1. The molecule has 1 unspecified atom stereocenters. The van der Waals surface area contributed by atoms with Gasteiger partial charge in [-0.1, -0.05) is 6.07 Å². The van der Waals surface area contributed by atoms with Crippen molar-refractivity contribution >= 4 is 5.69 Å². The molecule has 0 bridgehead atoms. The van der Waals surface area contributed by atoms with Gasteiger partial charge in [0, 0.05) is 6.54 Å². The molecule has 3 rings (SSSR count). The highest BCUT2D eigenvalue weighted by Crippen LogP contribution is 2.40. The van der Waals surface area contributed by atoms with Crippen LogP contribution in [0.5, 0.6) is 5.75 Å². The van der Waals surface area contributed by atoms with Crippen LogP contribution in [0.3, 0.4) is 0 Å². The molecule has 0 saturated carbocycles. The third-order valence-electron chi connectivity index (χ3n) is 4.84. The number of hydrogen-bond donors (Lipinski definition) is 2. The lowest BCUT2D eigenvalue weighted by Gasteiger charge is -2.41. The predicted molar refractivity (Wildman–Crippen MR) is 89.6 cm³/mol. The maximum atomic E-state index is 10.7. The number of piperidine rings is 1. The standard InChI is InChI=1S/C18H28N2O2/c1-4-20-12-18(2,3)22-16-6-5-14(11-15(16)20)17(21)13-7-9-19-10-8-13/h5-6,11,13,17,19,21H,4,7-10,12H2,1-3H3. The molecule has 2 heterocycles. The molecule has 0 aliphatic carbocycles. The number of anilines is 1. The van der Waals surface area contributed by atoms with E-state index in [1.54, 1.807) is 0 Å². The van der Waals surface area contributed by atoms with Crippen LogP contribution in [-0.4, -0.2) is 36.9 Å². The highest BCUT2D eigenvalue weighted by atomic mass is 16.5. The molecule has 4 heteroatoms. The smallest absolute Gasteiger partial charge is 0.143 e. The Bertz CT molecular complexity index is 524. The van der Waals surface area contributed by atoms with Gasteiger partial charge < -0.3 is 20.1 Å². The molecule has 1 aromatic rings. The minimum absolute atomic E-state index is 0.168. The van der Waals surface area contributed by atoms with Crippen LogP contribution >= 0.6 is 0 Å². The van der Waals surface area contributed by atoms with E-state index in [1.807, 2.05) is 12.1 Å². The Balaban J connectivity index is 1.86. The number of hydrogen-bond acceptors (Lipinski definition) is 4. The van der Waals surface area contributed by atoms with E-state index < -0.39 is 0 Å². The molecule has 0 amide bonds. The van der Waals surface area contributed by atoms with E-state index in [2.05, 4.69) is 37.1 Å². The summed E-state index contributed by atoms with van der Waals surface area (Å²) in [6.07, 6.45) is 1.71. The molecule has 0 radical (unpaired) electrons. The maximum Gasteiger partial charge on any atom is 0.143 e. The lowest BCUT2D eigenvalue weighted by Crippen LogP contribution is -2.46. The first kappa shape index (κ1) is 15.6. The summed E-state index contributed by atoms with van der Waals surface area (Å²) in [5, 5.41) is 14.1. The van der Waals surface area contributed by atoms with Crippen LogP contribution in [0, 0.1) is 5.92 Å². The van der Waals surface area contributed by atoms with Gasteiger partial charge in [-0.15, -0.1) is 0 Å². The Morgan fingerprint density at radius 3 is 2.77 bits per heavy atom. The summed E-state index contributed by atoms with van der Waals surface area (Å²) >= 11 is 0. The van der Waals surface area contributed by atoms with Crippen molar-refractivity contribution in [2.24, 2.45) is 5.92 Å². The van der Waals surface area contributed by atoms with E-state index in [4.69, 9.17) is 4.74 Å². The molecular formula is C18H28N2O2. The Hall–Kier alpha value is -1.26. The number of aliphatic hydroxyl groups is 1. The van der Waals surface area contributed by atoms with Crippen LogP contribution in [0.1, 0.15) is 45.3 Å². The number of aliphatic hydroxyl groups excluding tert-OH is 1. The van der Waals surface area contributed by atoms with Crippen LogP contribution in [0.4, 0.5) is 5.69 Å². The Labute approximate surface area is 133 Å². The average molecular weight is 304 g/mol. The number of likely N-dealkylation sites (N-methyl/N-ethyl adjacent to an activating group) is 1. The van der Waals surface area contributed by atoms with Gasteiger partial charge in [-0.05, 0) is 70.3 Å². The molecule has 4 nitrogen and oxygen atoms in total. The van der Waals surface area contributed by atoms with Crippen molar-refractivity contribution in [3.05, 3.63) is 23.8 Å². The van der Waals surface area contributed by atoms with Gasteiger partial charge in [0.25, 0.3) is 0 Å². The van der Waals surface area contributed by atoms with Crippen LogP contribution in [-0.2, 0) is 0 Å². The third kappa shape index (κ3) is 3.08. The fourth-order valence-corrected chi connectivity index (χ4v) is 3.64. The monoisotopic (exact) mass is 304 g/mol. The van der Waals surface area contributed by atoms with Gasteiger partial charge in [0.2, 0.25) is 0 Å². The first-order valence-electron chi connectivity index (χ1n) is 8.47. The molecule has 1 saturated heterocycles. The second-order valence-corrected chi connectivity index (χ2v) is 7.14. The van der Waals surface area contributed by atoms with Gasteiger partial charge in [0.15, 0.2) is 0 Å². The van der Waals surface area contributed by atoms with Crippen LogP contribution in [0.2, 0.25) is 0 Å². The molecule has 2 aliphatic heterocycles. The van der Waals surface area contributed by atoms with Crippen LogP contribution < -0.4 is 15.0 Å². The molecule has 1 atom stereocenters. The summed E-state index contributed by atoms with van der Waals surface area (Å²) in [5.41, 5.74) is 1.97. The Kier molecular flexibility index (Phi) is 4.33. The van der Waals surface area contributed by atoms with Gasteiger partial charge in [-0.25, -0.2) is 0 Å². The molecule has 2 N–H and O–H groups in total. The topological polar surface area (TPSA) is 44.7 Å². The quantitative estimate of drug-likeness (QED) is 0.901. The van der Waals surface area contributed by atoms with Crippen molar-refractivity contribution in [2.75, 3.05) is 31.1 Å². The first-order valence-corrected chi connectivity index (χ1v) is 8.47. The summed E-state index contributed by atoms with van der Waals surface area (Å²) in [4.78, 5) is 2.34. The molecule has 1 aromatic carbocycles. The highest BCUT2D eigenvalue weighted by molar-refractivity contribution is 5.62. The highest BCUT2D eigenvalue weighted by Gasteiger charge is 2.32. The fourth-order valence-electron chi connectivity index (χ4n) is 3.64.